The van der Waals surface area contributed by atoms with Crippen LogP contribution in [0.3, 0.4) is 0 Å². The van der Waals surface area contributed by atoms with Gasteiger partial charge in [-0.1, -0.05) is 29.3 Å². The van der Waals surface area contributed by atoms with Crippen molar-refractivity contribution >= 4 is 46.6 Å². The summed E-state index contributed by atoms with van der Waals surface area (Å²) < 4.78 is 68.0. The van der Waals surface area contributed by atoms with Crippen LogP contribution < -0.4 is 5.01 Å². The van der Waals surface area contributed by atoms with E-state index in [0.29, 0.717) is 5.56 Å². The normalized spacial score (nSPS) is 15.7. The molecule has 2 aromatic rings. The minimum absolute atomic E-state index is 0.00927. The maximum atomic E-state index is 14.0. The number of hydrogen-bond donors (Lipinski definition) is 0. The highest BCUT2D eigenvalue weighted by Crippen LogP contribution is 2.34. The minimum Gasteiger partial charge on any atom is -0.267 e. The number of hydrazone groups is 1. The summed E-state index contributed by atoms with van der Waals surface area (Å²) in [7, 11) is 0. The zero-order chi connectivity index (χ0) is 20.0. The Morgan fingerprint density at radius 2 is 1.48 bits per heavy atom. The zero-order valence-corrected chi connectivity index (χ0v) is 14.8. The Balaban J connectivity index is 2.09. The number of amides is 1. The first-order valence-corrected chi connectivity index (χ1v) is 7.97. The molecule has 0 radical (unpaired) electrons. The van der Waals surface area contributed by atoms with Crippen LogP contribution in [0.1, 0.15) is 12.5 Å². The highest BCUT2D eigenvalue weighted by Gasteiger charge is 2.36. The van der Waals surface area contributed by atoms with E-state index in [1.54, 1.807) is 0 Å². The highest BCUT2D eigenvalue weighted by molar-refractivity contribution is 6.42. The van der Waals surface area contributed by atoms with Gasteiger partial charge in [0, 0.05) is 0 Å². The Hall–Kier alpha value is -2.45. The molecule has 0 saturated heterocycles. The summed E-state index contributed by atoms with van der Waals surface area (Å²) in [6.07, 6.45) is 1.30. The summed E-state index contributed by atoms with van der Waals surface area (Å²) in [5, 5.41) is 4.23. The molecule has 0 spiro atoms. The van der Waals surface area contributed by atoms with Gasteiger partial charge in [0.05, 0.1) is 21.3 Å². The first-order chi connectivity index (χ1) is 12.6. The second-order valence-corrected chi connectivity index (χ2v) is 6.27. The Bertz CT molecular complexity index is 1020. The third-order valence-corrected chi connectivity index (χ3v) is 4.45. The molecule has 3 rings (SSSR count). The number of halogens is 7. The number of rotatable bonds is 2. The van der Waals surface area contributed by atoms with Gasteiger partial charge >= 0.3 is 0 Å². The van der Waals surface area contributed by atoms with Gasteiger partial charge < -0.3 is 0 Å². The SMILES string of the molecule is CC1=NN(c2c(F)c(F)c(F)c(F)c2F)C(=O)/C1=C/c1ccc(Cl)c(Cl)c1. The van der Waals surface area contributed by atoms with Crippen LogP contribution in [-0.2, 0) is 4.79 Å². The second kappa shape index (κ2) is 6.94. The lowest BCUT2D eigenvalue weighted by Gasteiger charge is -2.15. The standard InChI is InChI=1S/C17H7Cl2F5N2O/c1-6-8(4-7-2-3-9(18)10(19)5-7)17(27)26(25-6)16-14(23)12(21)11(20)13(22)15(16)24/h2-5H,1H3/b8-4+. The molecule has 1 aliphatic rings. The molecule has 1 heterocycles. The Kier molecular flexibility index (Phi) is 4.96. The van der Waals surface area contributed by atoms with Crippen molar-refractivity contribution in [1.82, 2.24) is 0 Å². The van der Waals surface area contributed by atoms with Crippen LogP contribution in [-0.4, -0.2) is 11.6 Å². The van der Waals surface area contributed by atoms with Gasteiger partial charge in [0.1, 0.15) is 5.69 Å². The minimum atomic E-state index is -2.33. The quantitative estimate of drug-likeness (QED) is 0.273. The number of anilines is 1. The molecule has 27 heavy (non-hydrogen) atoms. The fraction of sp³-hybridized carbons (Fsp3) is 0.0588. The topological polar surface area (TPSA) is 32.7 Å². The van der Waals surface area contributed by atoms with Gasteiger partial charge in [0.25, 0.3) is 5.91 Å². The molecule has 140 valence electrons. The third kappa shape index (κ3) is 3.19. The number of carbonyl (C=O) groups is 1. The predicted octanol–water partition coefficient (Wildman–Crippen LogP) is 5.50. The van der Waals surface area contributed by atoms with Gasteiger partial charge in [0.15, 0.2) is 23.3 Å². The Morgan fingerprint density at radius 1 is 0.926 bits per heavy atom. The van der Waals surface area contributed by atoms with Crippen molar-refractivity contribution in [2.75, 3.05) is 5.01 Å². The molecule has 3 nitrogen and oxygen atoms in total. The first-order valence-electron chi connectivity index (χ1n) is 7.21. The van der Waals surface area contributed by atoms with E-state index in [-0.39, 0.29) is 26.3 Å². The van der Waals surface area contributed by atoms with Crippen molar-refractivity contribution in [3.63, 3.8) is 0 Å². The van der Waals surface area contributed by atoms with Crippen molar-refractivity contribution in [2.45, 2.75) is 6.92 Å². The lowest BCUT2D eigenvalue weighted by Crippen LogP contribution is -2.25. The molecule has 0 saturated carbocycles. The molecule has 1 aliphatic heterocycles. The molecule has 1 amide bonds. The molecule has 0 N–H and O–H groups in total. The molecular formula is C17H7Cl2F5N2O. The van der Waals surface area contributed by atoms with Crippen molar-refractivity contribution in [2.24, 2.45) is 5.10 Å². The largest absolute Gasteiger partial charge is 0.280 e. The second-order valence-electron chi connectivity index (χ2n) is 5.45. The predicted molar refractivity (Wildman–Crippen MR) is 91.3 cm³/mol. The number of hydrogen-bond acceptors (Lipinski definition) is 2. The van der Waals surface area contributed by atoms with Gasteiger partial charge in [0.2, 0.25) is 5.82 Å². The molecular weight excluding hydrogens is 414 g/mol. The van der Waals surface area contributed by atoms with E-state index in [1.807, 2.05) is 0 Å². The molecule has 10 heteroatoms. The molecule has 0 atom stereocenters. The first kappa shape index (κ1) is 19.3. The van der Waals surface area contributed by atoms with Crippen LogP contribution in [0, 0.1) is 29.1 Å². The maximum Gasteiger partial charge on any atom is 0.280 e. The molecule has 0 unspecified atom stereocenters. The van der Waals surface area contributed by atoms with Crippen LogP contribution >= 0.6 is 23.2 Å². The van der Waals surface area contributed by atoms with E-state index < -0.39 is 40.7 Å². The molecule has 0 aromatic heterocycles. The summed E-state index contributed by atoms with van der Waals surface area (Å²) >= 11 is 11.7. The smallest absolute Gasteiger partial charge is 0.267 e. The van der Waals surface area contributed by atoms with Crippen molar-refractivity contribution in [3.8, 4) is 0 Å². The fourth-order valence-electron chi connectivity index (χ4n) is 2.38. The summed E-state index contributed by atoms with van der Waals surface area (Å²) in [5.41, 5.74) is -1.14. The Labute approximate surface area is 159 Å². The molecule has 2 aromatic carbocycles. The van der Waals surface area contributed by atoms with E-state index in [4.69, 9.17) is 23.2 Å². The lowest BCUT2D eigenvalue weighted by atomic mass is 10.1. The monoisotopic (exact) mass is 420 g/mol. The van der Waals surface area contributed by atoms with Crippen LogP contribution in [0.5, 0.6) is 0 Å². The number of nitrogens with zero attached hydrogens (tertiary/aromatic N) is 2. The van der Waals surface area contributed by atoms with Crippen LogP contribution in [0.2, 0.25) is 10.0 Å². The van der Waals surface area contributed by atoms with E-state index in [1.165, 1.54) is 31.2 Å². The number of carbonyl (C=O) groups excluding carboxylic acids is 1. The van der Waals surface area contributed by atoms with Gasteiger partial charge in [-0.15, -0.1) is 0 Å². The van der Waals surface area contributed by atoms with Crippen molar-refractivity contribution < 1.29 is 26.7 Å². The van der Waals surface area contributed by atoms with Gasteiger partial charge in [-0.25, -0.2) is 22.0 Å². The van der Waals surface area contributed by atoms with E-state index >= 15 is 0 Å². The fourth-order valence-corrected chi connectivity index (χ4v) is 2.69. The molecule has 0 fully saturated rings. The average molecular weight is 421 g/mol. The zero-order valence-electron chi connectivity index (χ0n) is 13.3. The number of benzene rings is 2. The van der Waals surface area contributed by atoms with Crippen molar-refractivity contribution in [1.29, 1.82) is 0 Å². The van der Waals surface area contributed by atoms with Crippen LogP contribution in [0.15, 0.2) is 28.9 Å². The lowest BCUT2D eigenvalue weighted by molar-refractivity contribution is -0.114. The van der Waals surface area contributed by atoms with E-state index in [0.717, 1.165) is 0 Å². The Morgan fingerprint density at radius 3 is 2.04 bits per heavy atom. The molecule has 0 bridgehead atoms. The van der Waals surface area contributed by atoms with Crippen LogP contribution in [0.4, 0.5) is 27.6 Å². The van der Waals surface area contributed by atoms with E-state index in [2.05, 4.69) is 5.10 Å². The van der Waals surface area contributed by atoms with Gasteiger partial charge in [-0.05, 0) is 30.7 Å². The summed E-state index contributed by atoms with van der Waals surface area (Å²) in [5.74, 6) is -12.1. The molecule has 0 aliphatic carbocycles. The van der Waals surface area contributed by atoms with Gasteiger partial charge in [-0.2, -0.15) is 10.1 Å². The third-order valence-electron chi connectivity index (χ3n) is 3.72. The summed E-state index contributed by atoms with van der Waals surface area (Å²) in [4.78, 5) is 12.5. The highest BCUT2D eigenvalue weighted by atomic mass is 35.5. The average Bonchev–Trinajstić information content (AvgIpc) is 2.89. The summed E-state index contributed by atoms with van der Waals surface area (Å²) in [6.45, 7) is 1.34. The van der Waals surface area contributed by atoms with Gasteiger partial charge in [-0.3, -0.25) is 4.79 Å². The van der Waals surface area contributed by atoms with Crippen LogP contribution in [0.25, 0.3) is 6.08 Å². The maximum absolute atomic E-state index is 14.0. The van der Waals surface area contributed by atoms with Crippen molar-refractivity contribution in [3.05, 3.63) is 68.5 Å². The summed E-state index contributed by atoms with van der Waals surface area (Å²) in [6, 6.07) is 4.41. The van der Waals surface area contributed by atoms with E-state index in [9.17, 15) is 26.7 Å².